The number of hydrogen-bond acceptors (Lipinski definition) is 6. The standard InChI is InChI=1S/C13H11NO7/c1-19-9-2-3-12(11(5-9)14(17)18)21-7-10-4-8(6-20-10)13(15)16/h2-6H,7H2,1H3,(H,15,16). The van der Waals surface area contributed by atoms with Gasteiger partial charge in [-0.2, -0.15) is 0 Å². The van der Waals surface area contributed by atoms with E-state index in [0.29, 0.717) is 5.75 Å². The summed E-state index contributed by atoms with van der Waals surface area (Å²) in [4.78, 5) is 21.1. The molecule has 2 rings (SSSR count). The Morgan fingerprint density at radius 2 is 2.19 bits per heavy atom. The van der Waals surface area contributed by atoms with Crippen LogP contribution in [0.2, 0.25) is 0 Å². The number of nitrogens with zero attached hydrogens (tertiary/aromatic N) is 1. The van der Waals surface area contributed by atoms with Crippen LogP contribution in [-0.2, 0) is 6.61 Å². The predicted molar refractivity (Wildman–Crippen MR) is 69.6 cm³/mol. The van der Waals surface area contributed by atoms with Gasteiger partial charge in [0.1, 0.15) is 24.4 Å². The lowest BCUT2D eigenvalue weighted by atomic mass is 10.3. The number of nitro benzene ring substituents is 1. The van der Waals surface area contributed by atoms with Crippen molar-refractivity contribution in [3.8, 4) is 11.5 Å². The zero-order chi connectivity index (χ0) is 15.4. The molecule has 0 amide bonds. The van der Waals surface area contributed by atoms with Crippen LogP contribution >= 0.6 is 0 Å². The quantitative estimate of drug-likeness (QED) is 0.643. The molecule has 0 unspecified atom stereocenters. The van der Waals surface area contributed by atoms with Crippen LogP contribution in [-0.4, -0.2) is 23.1 Å². The number of ether oxygens (including phenoxy) is 2. The van der Waals surface area contributed by atoms with E-state index >= 15 is 0 Å². The van der Waals surface area contributed by atoms with Gasteiger partial charge in [-0.15, -0.1) is 0 Å². The average Bonchev–Trinajstić information content (AvgIpc) is 2.94. The van der Waals surface area contributed by atoms with Gasteiger partial charge in [0, 0.05) is 0 Å². The van der Waals surface area contributed by atoms with Crippen LogP contribution in [0.3, 0.4) is 0 Å². The molecule has 8 nitrogen and oxygen atoms in total. The molecule has 0 aliphatic rings. The van der Waals surface area contributed by atoms with Gasteiger partial charge in [-0.25, -0.2) is 4.79 Å². The molecule has 0 bridgehead atoms. The van der Waals surface area contributed by atoms with Crippen molar-refractivity contribution in [1.82, 2.24) is 0 Å². The molecule has 0 fully saturated rings. The van der Waals surface area contributed by atoms with Crippen molar-refractivity contribution in [2.75, 3.05) is 7.11 Å². The number of furan rings is 1. The van der Waals surface area contributed by atoms with Crippen molar-refractivity contribution in [2.24, 2.45) is 0 Å². The number of rotatable bonds is 6. The molecule has 110 valence electrons. The van der Waals surface area contributed by atoms with Gasteiger partial charge in [-0.1, -0.05) is 0 Å². The SMILES string of the molecule is COc1ccc(OCc2cc(C(=O)O)co2)c([N+](=O)[O-])c1. The maximum atomic E-state index is 11.0. The van der Waals surface area contributed by atoms with Crippen LogP contribution in [0.1, 0.15) is 16.1 Å². The Morgan fingerprint density at radius 3 is 2.76 bits per heavy atom. The molecule has 2 aromatic rings. The van der Waals surface area contributed by atoms with Crippen LogP contribution in [0.4, 0.5) is 5.69 Å². The van der Waals surface area contributed by atoms with Gasteiger partial charge in [0.05, 0.1) is 23.7 Å². The van der Waals surface area contributed by atoms with Crippen molar-refractivity contribution >= 4 is 11.7 Å². The first-order valence-electron chi connectivity index (χ1n) is 5.77. The maximum absolute atomic E-state index is 11.0. The fraction of sp³-hybridized carbons (Fsp3) is 0.154. The van der Waals surface area contributed by atoms with E-state index in [1.807, 2.05) is 0 Å². The summed E-state index contributed by atoms with van der Waals surface area (Å²) in [5.74, 6) is -0.507. The molecule has 8 heteroatoms. The smallest absolute Gasteiger partial charge is 0.338 e. The summed E-state index contributed by atoms with van der Waals surface area (Å²) in [6.45, 7) is -0.125. The molecule has 0 atom stereocenters. The van der Waals surface area contributed by atoms with Gasteiger partial charge in [0.2, 0.25) is 0 Å². The summed E-state index contributed by atoms with van der Waals surface area (Å²) in [7, 11) is 1.40. The third kappa shape index (κ3) is 3.30. The van der Waals surface area contributed by atoms with Crippen LogP contribution in [0.15, 0.2) is 34.9 Å². The third-order valence-corrected chi connectivity index (χ3v) is 2.63. The highest BCUT2D eigenvalue weighted by Crippen LogP contribution is 2.31. The lowest BCUT2D eigenvalue weighted by molar-refractivity contribution is -0.386. The maximum Gasteiger partial charge on any atom is 0.338 e. The zero-order valence-electron chi connectivity index (χ0n) is 10.9. The molecule has 0 aliphatic carbocycles. The first-order chi connectivity index (χ1) is 10.0. The van der Waals surface area contributed by atoms with Crippen molar-refractivity contribution in [1.29, 1.82) is 0 Å². The molecule has 0 spiro atoms. The highest BCUT2D eigenvalue weighted by atomic mass is 16.6. The van der Waals surface area contributed by atoms with Crippen molar-refractivity contribution in [2.45, 2.75) is 6.61 Å². The Hall–Kier alpha value is -3.03. The van der Waals surface area contributed by atoms with Crippen molar-refractivity contribution in [3.05, 3.63) is 52.0 Å². The highest BCUT2D eigenvalue weighted by molar-refractivity contribution is 5.87. The van der Waals surface area contributed by atoms with Gasteiger partial charge < -0.3 is 19.0 Å². The summed E-state index contributed by atoms with van der Waals surface area (Å²) in [6.07, 6.45) is 1.07. The Morgan fingerprint density at radius 1 is 1.43 bits per heavy atom. The number of hydrogen-bond donors (Lipinski definition) is 1. The molecule has 0 saturated carbocycles. The van der Waals surface area contributed by atoms with E-state index in [-0.39, 0.29) is 29.4 Å². The summed E-state index contributed by atoms with van der Waals surface area (Å²) in [6, 6.07) is 5.45. The molecular weight excluding hydrogens is 282 g/mol. The number of methoxy groups -OCH3 is 1. The van der Waals surface area contributed by atoms with E-state index in [4.69, 9.17) is 19.0 Å². The normalized spacial score (nSPS) is 10.1. The number of nitro groups is 1. The summed E-state index contributed by atoms with van der Waals surface area (Å²) in [5.41, 5.74) is -0.266. The summed E-state index contributed by atoms with van der Waals surface area (Å²) in [5, 5.41) is 19.7. The third-order valence-electron chi connectivity index (χ3n) is 2.63. The topological polar surface area (TPSA) is 112 Å². The fourth-order valence-corrected chi connectivity index (χ4v) is 1.61. The number of carboxylic acid groups (broad SMARTS) is 1. The van der Waals surface area contributed by atoms with Crippen LogP contribution < -0.4 is 9.47 Å². The summed E-state index contributed by atoms with van der Waals surface area (Å²) >= 11 is 0. The van der Waals surface area contributed by atoms with Crippen LogP contribution in [0.5, 0.6) is 11.5 Å². The number of carbonyl (C=O) groups is 1. The van der Waals surface area contributed by atoms with Crippen molar-refractivity contribution < 1.29 is 28.7 Å². The molecule has 1 aromatic heterocycles. The molecule has 1 aromatic carbocycles. The lowest BCUT2D eigenvalue weighted by Gasteiger charge is -2.06. The number of carboxylic acids is 1. The van der Waals surface area contributed by atoms with Gasteiger partial charge in [-0.05, 0) is 18.2 Å². The second-order valence-electron chi connectivity index (χ2n) is 3.99. The second kappa shape index (κ2) is 5.95. The summed E-state index contributed by atoms with van der Waals surface area (Å²) < 4.78 is 15.2. The first kappa shape index (κ1) is 14.4. The Labute approximate surface area is 118 Å². The highest BCUT2D eigenvalue weighted by Gasteiger charge is 2.17. The zero-order valence-corrected chi connectivity index (χ0v) is 10.9. The molecule has 0 radical (unpaired) electrons. The minimum Gasteiger partial charge on any atom is -0.496 e. The van der Waals surface area contributed by atoms with Crippen LogP contribution in [0.25, 0.3) is 0 Å². The molecule has 0 aliphatic heterocycles. The average molecular weight is 293 g/mol. The van der Waals surface area contributed by atoms with Crippen molar-refractivity contribution in [3.63, 3.8) is 0 Å². The monoisotopic (exact) mass is 293 g/mol. The lowest BCUT2D eigenvalue weighted by Crippen LogP contribution is -1.99. The predicted octanol–water partition coefficient (Wildman–Crippen LogP) is 2.47. The van der Waals surface area contributed by atoms with Gasteiger partial charge in [-0.3, -0.25) is 10.1 Å². The number of aromatic carboxylic acids is 1. The van der Waals surface area contributed by atoms with E-state index in [1.165, 1.54) is 31.4 Å². The minimum atomic E-state index is -1.12. The van der Waals surface area contributed by atoms with E-state index in [1.54, 1.807) is 0 Å². The molecule has 1 heterocycles. The minimum absolute atomic E-state index is 0.0159. The second-order valence-corrected chi connectivity index (χ2v) is 3.99. The van der Waals surface area contributed by atoms with E-state index < -0.39 is 10.9 Å². The van der Waals surface area contributed by atoms with Gasteiger partial charge in [0.25, 0.3) is 0 Å². The molecule has 21 heavy (non-hydrogen) atoms. The van der Waals surface area contributed by atoms with Gasteiger partial charge in [0.15, 0.2) is 5.75 Å². The first-order valence-corrected chi connectivity index (χ1v) is 5.77. The molecule has 1 N–H and O–H groups in total. The number of benzene rings is 1. The van der Waals surface area contributed by atoms with Crippen LogP contribution in [0, 0.1) is 10.1 Å². The van der Waals surface area contributed by atoms with E-state index in [2.05, 4.69) is 0 Å². The Balaban J connectivity index is 2.15. The molecular formula is C13H11NO7. The van der Waals surface area contributed by atoms with Gasteiger partial charge >= 0.3 is 11.7 Å². The Kier molecular flexibility index (Phi) is 4.07. The van der Waals surface area contributed by atoms with E-state index in [9.17, 15) is 14.9 Å². The Bertz CT molecular complexity index is 677. The van der Waals surface area contributed by atoms with E-state index in [0.717, 1.165) is 6.26 Å². The molecule has 0 saturated heterocycles. The largest absolute Gasteiger partial charge is 0.496 e. The fourth-order valence-electron chi connectivity index (χ4n) is 1.61.